The van der Waals surface area contributed by atoms with Crippen molar-refractivity contribution in [2.24, 2.45) is 0 Å². The summed E-state index contributed by atoms with van der Waals surface area (Å²) in [6.45, 7) is 1.63. The van der Waals surface area contributed by atoms with Gasteiger partial charge in [0.25, 0.3) is 0 Å². The second-order valence-corrected chi connectivity index (χ2v) is 5.45. The van der Waals surface area contributed by atoms with Gasteiger partial charge in [-0.3, -0.25) is 0 Å². The highest BCUT2D eigenvalue weighted by atomic mass is 35.5. The van der Waals surface area contributed by atoms with Crippen LogP contribution in [0, 0.1) is 11.3 Å². The minimum absolute atomic E-state index is 0.185. The van der Waals surface area contributed by atoms with Crippen LogP contribution in [0.5, 0.6) is 0 Å². The molecule has 0 unspecified atom stereocenters. The summed E-state index contributed by atoms with van der Waals surface area (Å²) in [7, 11) is 0. The molecule has 0 aliphatic heterocycles. The summed E-state index contributed by atoms with van der Waals surface area (Å²) < 4.78 is 9.44. The van der Waals surface area contributed by atoms with E-state index in [1.165, 1.54) is 11.8 Å². The highest BCUT2D eigenvalue weighted by Gasteiger charge is 2.18. The molecule has 1 rings (SSSR count). The van der Waals surface area contributed by atoms with E-state index in [1.54, 1.807) is 37.6 Å². The van der Waals surface area contributed by atoms with Gasteiger partial charge in [-0.05, 0) is 24.8 Å². The van der Waals surface area contributed by atoms with E-state index in [4.69, 9.17) is 16.3 Å². The number of nitriles is 1. The van der Waals surface area contributed by atoms with Gasteiger partial charge in [0.15, 0.2) is 12.2 Å². The summed E-state index contributed by atoms with van der Waals surface area (Å²) in [6.07, 6.45) is 3.29. The van der Waals surface area contributed by atoms with Crippen LogP contribution in [0.1, 0.15) is 12.5 Å². The van der Waals surface area contributed by atoms with E-state index in [1.807, 2.05) is 0 Å². The number of thioether (sulfide) groups is 1. The lowest BCUT2D eigenvalue weighted by atomic mass is 10.3. The van der Waals surface area contributed by atoms with Crippen LogP contribution in [-0.2, 0) is 25.6 Å². The van der Waals surface area contributed by atoms with Crippen molar-refractivity contribution in [3.63, 3.8) is 0 Å². The first kappa shape index (κ1) is 19.8. The third-order valence-electron chi connectivity index (χ3n) is 2.62. The molecule has 0 aromatic carbocycles. The van der Waals surface area contributed by atoms with E-state index in [0.29, 0.717) is 16.7 Å². The van der Waals surface area contributed by atoms with Crippen LogP contribution < -0.4 is 5.32 Å². The smallest absolute Gasteiger partial charge is 0.352 e. The fourth-order valence-electron chi connectivity index (χ4n) is 1.54. The summed E-state index contributed by atoms with van der Waals surface area (Å²) in [5, 5.41) is 12.9. The van der Waals surface area contributed by atoms with Gasteiger partial charge in [0, 0.05) is 12.7 Å². The molecule has 0 aliphatic rings. The lowest BCUT2D eigenvalue weighted by Gasteiger charge is -2.11. The number of rotatable bonds is 8. The predicted octanol–water partition coefficient (Wildman–Crippen LogP) is 2.03. The number of nitrogens with one attached hydrogen (secondary N) is 1. The molecule has 0 spiro atoms. The monoisotopic (exact) mass is 369 g/mol. The Hall–Kier alpha value is -2.24. The first-order chi connectivity index (χ1) is 11.5. The summed E-state index contributed by atoms with van der Waals surface area (Å²) in [4.78, 5) is 27.1. The molecular formula is C15H16ClN3O4S. The van der Waals surface area contributed by atoms with E-state index in [9.17, 15) is 14.9 Å². The van der Waals surface area contributed by atoms with Crippen molar-refractivity contribution >= 4 is 35.3 Å². The van der Waals surface area contributed by atoms with Crippen molar-refractivity contribution < 1.29 is 19.1 Å². The molecule has 1 aromatic heterocycles. The van der Waals surface area contributed by atoms with Crippen molar-refractivity contribution in [1.82, 2.24) is 10.3 Å². The van der Waals surface area contributed by atoms with E-state index >= 15 is 0 Å². The molecule has 0 aliphatic carbocycles. The number of ether oxygens (including phenoxy) is 2. The molecule has 0 radical (unpaired) electrons. The van der Waals surface area contributed by atoms with Crippen LogP contribution in [0.2, 0.25) is 5.15 Å². The van der Waals surface area contributed by atoms with Crippen molar-refractivity contribution in [2.45, 2.75) is 13.5 Å². The lowest BCUT2D eigenvalue weighted by molar-refractivity contribution is -0.156. The molecule has 128 valence electrons. The van der Waals surface area contributed by atoms with E-state index in [-0.39, 0.29) is 12.2 Å². The van der Waals surface area contributed by atoms with Gasteiger partial charge in [-0.2, -0.15) is 5.26 Å². The second-order valence-electron chi connectivity index (χ2n) is 4.24. The number of halogens is 1. The number of carbonyl (C=O) groups excluding carboxylic acids is 2. The molecule has 0 amide bonds. The van der Waals surface area contributed by atoms with Crippen LogP contribution >= 0.6 is 23.4 Å². The number of pyridine rings is 1. The average Bonchev–Trinajstić information content (AvgIpc) is 2.58. The number of carbonyl (C=O) groups is 2. The van der Waals surface area contributed by atoms with Gasteiger partial charge in [-0.15, -0.1) is 11.8 Å². The number of esters is 2. The summed E-state index contributed by atoms with van der Waals surface area (Å²) in [5.41, 5.74) is 0.608. The first-order valence-corrected chi connectivity index (χ1v) is 8.47. The third-order valence-corrected chi connectivity index (χ3v) is 3.60. The van der Waals surface area contributed by atoms with Gasteiger partial charge < -0.3 is 14.8 Å². The normalized spacial score (nSPS) is 11.1. The molecule has 0 bridgehead atoms. The van der Waals surface area contributed by atoms with Gasteiger partial charge in [0.2, 0.25) is 0 Å². The molecule has 24 heavy (non-hydrogen) atoms. The molecule has 1 aromatic rings. The van der Waals surface area contributed by atoms with Crippen molar-refractivity contribution in [3.8, 4) is 6.07 Å². The molecule has 9 heteroatoms. The van der Waals surface area contributed by atoms with Crippen LogP contribution in [0.4, 0.5) is 0 Å². The Morgan fingerprint density at radius 2 is 2.17 bits per heavy atom. The maximum Gasteiger partial charge on any atom is 0.352 e. The predicted molar refractivity (Wildman–Crippen MR) is 89.8 cm³/mol. The lowest BCUT2D eigenvalue weighted by Crippen LogP contribution is -2.20. The Balaban J connectivity index is 2.74. The summed E-state index contributed by atoms with van der Waals surface area (Å²) >= 11 is 6.89. The van der Waals surface area contributed by atoms with Crippen LogP contribution in [0.25, 0.3) is 0 Å². The third kappa shape index (κ3) is 6.48. The number of hydrogen-bond donors (Lipinski definition) is 1. The van der Waals surface area contributed by atoms with Crippen LogP contribution in [0.15, 0.2) is 28.9 Å². The maximum atomic E-state index is 11.9. The first-order valence-electron chi connectivity index (χ1n) is 6.87. The Morgan fingerprint density at radius 3 is 2.71 bits per heavy atom. The average molecular weight is 370 g/mol. The van der Waals surface area contributed by atoms with Crippen LogP contribution in [-0.4, -0.2) is 36.4 Å². The Morgan fingerprint density at radius 1 is 1.42 bits per heavy atom. The summed E-state index contributed by atoms with van der Waals surface area (Å²) in [6, 6.07) is 5.19. The second kappa shape index (κ2) is 10.5. The van der Waals surface area contributed by atoms with Crippen molar-refractivity contribution in [1.29, 1.82) is 5.26 Å². The Kier molecular flexibility index (Phi) is 8.68. The van der Waals surface area contributed by atoms with Gasteiger partial charge in [-0.1, -0.05) is 17.7 Å². The Bertz CT molecular complexity index is 656. The minimum atomic E-state index is -0.892. The van der Waals surface area contributed by atoms with Crippen molar-refractivity contribution in [2.75, 3.05) is 19.5 Å². The summed E-state index contributed by atoms with van der Waals surface area (Å²) in [5.74, 6) is -1.56. The molecule has 1 N–H and O–H groups in total. The minimum Gasteiger partial charge on any atom is -0.463 e. The maximum absolute atomic E-state index is 11.9. The van der Waals surface area contributed by atoms with E-state index in [2.05, 4.69) is 15.0 Å². The highest BCUT2D eigenvalue weighted by Crippen LogP contribution is 2.16. The standard InChI is InChI=1S/C15H16ClN3O4S/c1-3-22-13(20)9-23-15(21)11(6-17)14(24-2)19-8-10-4-5-12(16)18-7-10/h4-5,7,19H,3,8-9H2,1-2H3/b14-11+. The molecule has 0 atom stereocenters. The molecule has 0 saturated carbocycles. The quantitative estimate of drug-likeness (QED) is 0.321. The molecule has 1 heterocycles. The largest absolute Gasteiger partial charge is 0.463 e. The van der Waals surface area contributed by atoms with Gasteiger partial charge >= 0.3 is 11.9 Å². The number of hydrogen-bond acceptors (Lipinski definition) is 8. The van der Waals surface area contributed by atoms with Gasteiger partial charge in [0.05, 0.1) is 11.6 Å². The molecule has 0 saturated heterocycles. The highest BCUT2D eigenvalue weighted by molar-refractivity contribution is 8.02. The molecule has 7 nitrogen and oxygen atoms in total. The van der Waals surface area contributed by atoms with Crippen molar-refractivity contribution in [3.05, 3.63) is 39.6 Å². The van der Waals surface area contributed by atoms with Gasteiger partial charge in [-0.25, -0.2) is 14.6 Å². The SMILES string of the molecule is CCOC(=O)COC(=O)/C(C#N)=C(\NCc1ccc(Cl)nc1)SC. The fourth-order valence-corrected chi connectivity index (χ4v) is 2.21. The zero-order valence-electron chi connectivity index (χ0n) is 13.2. The van der Waals surface area contributed by atoms with E-state index in [0.717, 1.165) is 5.56 Å². The topological polar surface area (TPSA) is 101 Å². The molecular weight excluding hydrogens is 354 g/mol. The molecule has 0 fully saturated rings. The van der Waals surface area contributed by atoms with Crippen LogP contribution in [0.3, 0.4) is 0 Å². The Labute approximate surface area is 149 Å². The van der Waals surface area contributed by atoms with Gasteiger partial charge in [0.1, 0.15) is 11.2 Å². The zero-order chi connectivity index (χ0) is 17.9. The fraction of sp³-hybridized carbons (Fsp3) is 0.333. The number of aromatic nitrogens is 1. The van der Waals surface area contributed by atoms with E-state index < -0.39 is 18.5 Å². The number of nitrogens with zero attached hydrogens (tertiary/aromatic N) is 2. The zero-order valence-corrected chi connectivity index (χ0v) is 14.7.